The second-order valence-electron chi connectivity index (χ2n) is 5.42. The molecule has 3 heteroatoms. The van der Waals surface area contributed by atoms with E-state index in [0.717, 1.165) is 37.4 Å². The Kier molecular flexibility index (Phi) is 6.28. The van der Waals surface area contributed by atoms with Crippen LogP contribution in [-0.2, 0) is 13.0 Å². The lowest BCUT2D eigenvalue weighted by Crippen LogP contribution is -2.25. The molecule has 0 unspecified atom stereocenters. The lowest BCUT2D eigenvalue weighted by Gasteiger charge is -2.18. The number of nitrogens with two attached hydrogens (primary N) is 1. The second-order valence-corrected chi connectivity index (χ2v) is 5.42. The van der Waals surface area contributed by atoms with Crippen LogP contribution in [0.1, 0.15) is 25.0 Å². The molecule has 0 aliphatic carbocycles. The summed E-state index contributed by atoms with van der Waals surface area (Å²) < 4.78 is 5.81. The summed E-state index contributed by atoms with van der Waals surface area (Å²) in [4.78, 5) is 2.41. The minimum absolute atomic E-state index is 0.545. The molecule has 0 atom stereocenters. The van der Waals surface area contributed by atoms with Gasteiger partial charge in [-0.2, -0.15) is 0 Å². The summed E-state index contributed by atoms with van der Waals surface area (Å²) in [6.45, 7) is 8.17. The molecule has 2 aromatic rings. The number of rotatable bonds is 8. The molecule has 0 bridgehead atoms. The lowest BCUT2D eigenvalue weighted by molar-refractivity contribution is 0.305. The molecule has 2 N–H and O–H groups in total. The largest absolute Gasteiger partial charge is 0.487 e. The highest BCUT2D eigenvalue weighted by atomic mass is 16.5. The van der Waals surface area contributed by atoms with E-state index in [9.17, 15) is 0 Å². The van der Waals surface area contributed by atoms with E-state index in [-0.39, 0.29) is 0 Å². The van der Waals surface area contributed by atoms with Crippen molar-refractivity contribution in [2.45, 2.75) is 26.9 Å². The first-order chi connectivity index (χ1) is 10.7. The summed E-state index contributed by atoms with van der Waals surface area (Å²) in [6.07, 6.45) is 1.02. The molecule has 0 saturated carbocycles. The van der Waals surface area contributed by atoms with Crippen molar-refractivity contribution in [3.63, 3.8) is 0 Å². The molecule has 0 spiro atoms. The molecular weight excluding hydrogens is 272 g/mol. The van der Waals surface area contributed by atoms with Crippen LogP contribution in [0.15, 0.2) is 48.5 Å². The van der Waals surface area contributed by atoms with Crippen molar-refractivity contribution in [2.75, 3.05) is 25.4 Å². The standard InChI is InChI=1S/C19H26N2O/c1-3-21(4-2)13-12-16-10-11-19(18(20)14-16)22-15-17-8-6-5-7-9-17/h5-11,14H,3-4,12-13,15,20H2,1-2H3. The van der Waals surface area contributed by atoms with Crippen LogP contribution in [0.25, 0.3) is 0 Å². The van der Waals surface area contributed by atoms with Gasteiger partial charge in [-0.15, -0.1) is 0 Å². The SMILES string of the molecule is CCN(CC)CCc1ccc(OCc2ccccc2)c(N)c1. The molecule has 0 aliphatic heterocycles. The number of anilines is 1. The highest BCUT2D eigenvalue weighted by Gasteiger charge is 2.05. The lowest BCUT2D eigenvalue weighted by atomic mass is 10.1. The van der Waals surface area contributed by atoms with E-state index < -0.39 is 0 Å². The molecule has 0 amide bonds. The van der Waals surface area contributed by atoms with Crippen molar-refractivity contribution in [1.82, 2.24) is 4.90 Å². The van der Waals surface area contributed by atoms with Crippen molar-refractivity contribution >= 4 is 5.69 Å². The molecule has 0 aromatic heterocycles. The Bertz CT molecular complexity index is 565. The maximum atomic E-state index is 6.12. The number of likely N-dealkylation sites (N-methyl/N-ethyl adjacent to an activating group) is 1. The molecule has 118 valence electrons. The fourth-order valence-electron chi connectivity index (χ4n) is 2.45. The maximum absolute atomic E-state index is 6.12. The van der Waals surface area contributed by atoms with E-state index in [1.807, 2.05) is 30.3 Å². The zero-order chi connectivity index (χ0) is 15.8. The zero-order valence-corrected chi connectivity index (χ0v) is 13.6. The third-order valence-corrected chi connectivity index (χ3v) is 3.92. The first kappa shape index (κ1) is 16.4. The van der Waals surface area contributed by atoms with Gasteiger partial charge in [-0.1, -0.05) is 50.2 Å². The molecule has 0 fully saturated rings. The Balaban J connectivity index is 1.92. The van der Waals surface area contributed by atoms with E-state index in [2.05, 4.69) is 36.9 Å². The molecule has 0 saturated heterocycles. The van der Waals surface area contributed by atoms with Gasteiger partial charge in [-0.25, -0.2) is 0 Å². The smallest absolute Gasteiger partial charge is 0.142 e. The molecule has 0 radical (unpaired) electrons. The van der Waals surface area contributed by atoms with E-state index in [1.54, 1.807) is 0 Å². The first-order valence-electron chi connectivity index (χ1n) is 8.00. The summed E-state index contributed by atoms with van der Waals surface area (Å²) in [6, 6.07) is 16.3. The van der Waals surface area contributed by atoms with Crippen LogP contribution in [0, 0.1) is 0 Å². The highest BCUT2D eigenvalue weighted by molar-refractivity contribution is 5.54. The van der Waals surface area contributed by atoms with Crippen LogP contribution in [0.4, 0.5) is 5.69 Å². The van der Waals surface area contributed by atoms with Crippen molar-refractivity contribution in [3.8, 4) is 5.75 Å². The Morgan fingerprint density at radius 2 is 1.68 bits per heavy atom. The highest BCUT2D eigenvalue weighted by Crippen LogP contribution is 2.24. The molecule has 22 heavy (non-hydrogen) atoms. The number of benzene rings is 2. The van der Waals surface area contributed by atoms with Gasteiger partial charge in [-0.3, -0.25) is 0 Å². The second kappa shape index (κ2) is 8.44. The molecule has 2 aromatic carbocycles. The summed E-state index contributed by atoms with van der Waals surface area (Å²) in [5.41, 5.74) is 9.24. The fourth-order valence-corrected chi connectivity index (χ4v) is 2.45. The average Bonchev–Trinajstić information content (AvgIpc) is 2.56. The van der Waals surface area contributed by atoms with Crippen LogP contribution < -0.4 is 10.5 Å². The average molecular weight is 298 g/mol. The van der Waals surface area contributed by atoms with E-state index >= 15 is 0 Å². The normalized spacial score (nSPS) is 10.9. The Labute approximate surface area is 133 Å². The number of hydrogen-bond donors (Lipinski definition) is 1. The van der Waals surface area contributed by atoms with Crippen LogP contribution in [0.2, 0.25) is 0 Å². The van der Waals surface area contributed by atoms with Gasteiger partial charge in [0.15, 0.2) is 0 Å². The third kappa shape index (κ3) is 4.78. The summed E-state index contributed by atoms with van der Waals surface area (Å²) in [7, 11) is 0. The van der Waals surface area contributed by atoms with Crippen LogP contribution in [0.5, 0.6) is 5.75 Å². The van der Waals surface area contributed by atoms with E-state index in [1.165, 1.54) is 5.56 Å². The van der Waals surface area contributed by atoms with Gasteiger partial charge < -0.3 is 15.4 Å². The predicted octanol–water partition coefficient (Wildman–Crippen LogP) is 3.73. The van der Waals surface area contributed by atoms with Gasteiger partial charge in [0.1, 0.15) is 12.4 Å². The third-order valence-electron chi connectivity index (χ3n) is 3.92. The number of ether oxygens (including phenoxy) is 1. The summed E-state index contributed by atoms with van der Waals surface area (Å²) in [5.74, 6) is 0.760. The Morgan fingerprint density at radius 3 is 2.32 bits per heavy atom. The zero-order valence-electron chi connectivity index (χ0n) is 13.6. The Morgan fingerprint density at radius 1 is 0.955 bits per heavy atom. The van der Waals surface area contributed by atoms with Gasteiger partial charge in [-0.05, 0) is 42.8 Å². The monoisotopic (exact) mass is 298 g/mol. The van der Waals surface area contributed by atoms with Crippen LogP contribution >= 0.6 is 0 Å². The topological polar surface area (TPSA) is 38.5 Å². The van der Waals surface area contributed by atoms with Crippen molar-refractivity contribution < 1.29 is 4.74 Å². The maximum Gasteiger partial charge on any atom is 0.142 e. The molecule has 0 heterocycles. The minimum atomic E-state index is 0.545. The van der Waals surface area contributed by atoms with Crippen LogP contribution in [0.3, 0.4) is 0 Å². The van der Waals surface area contributed by atoms with E-state index in [4.69, 9.17) is 10.5 Å². The van der Waals surface area contributed by atoms with Gasteiger partial charge in [0, 0.05) is 6.54 Å². The quantitative estimate of drug-likeness (QED) is 0.755. The number of nitrogen functional groups attached to an aromatic ring is 1. The Hall–Kier alpha value is -2.00. The number of hydrogen-bond acceptors (Lipinski definition) is 3. The van der Waals surface area contributed by atoms with Crippen molar-refractivity contribution in [3.05, 3.63) is 59.7 Å². The molecular formula is C19H26N2O. The summed E-state index contributed by atoms with van der Waals surface area (Å²) in [5, 5.41) is 0. The molecule has 2 rings (SSSR count). The van der Waals surface area contributed by atoms with E-state index in [0.29, 0.717) is 12.3 Å². The summed E-state index contributed by atoms with van der Waals surface area (Å²) >= 11 is 0. The van der Waals surface area contributed by atoms with Gasteiger partial charge in [0.25, 0.3) is 0 Å². The minimum Gasteiger partial charge on any atom is -0.487 e. The first-order valence-corrected chi connectivity index (χ1v) is 8.00. The van der Waals surface area contributed by atoms with Crippen molar-refractivity contribution in [2.24, 2.45) is 0 Å². The van der Waals surface area contributed by atoms with Crippen LogP contribution in [-0.4, -0.2) is 24.5 Å². The number of nitrogens with zero attached hydrogens (tertiary/aromatic N) is 1. The van der Waals surface area contributed by atoms with Gasteiger partial charge in [0.2, 0.25) is 0 Å². The van der Waals surface area contributed by atoms with Gasteiger partial charge in [0.05, 0.1) is 5.69 Å². The molecule has 0 aliphatic rings. The predicted molar refractivity (Wildman–Crippen MR) is 93.1 cm³/mol. The van der Waals surface area contributed by atoms with Gasteiger partial charge >= 0.3 is 0 Å². The fraction of sp³-hybridized carbons (Fsp3) is 0.368. The van der Waals surface area contributed by atoms with Crippen molar-refractivity contribution in [1.29, 1.82) is 0 Å². The molecule has 3 nitrogen and oxygen atoms in total.